The standard InChI is InChI=1S/C7H8.C5H8N2/c1-7-5-3-2-4-6-7;1-4-3-6-5(2)7-4/h2-6H,1H3;3H,1-2H3,(H,6,7). The van der Waals surface area contributed by atoms with Crippen LogP contribution < -0.4 is 0 Å². The Labute approximate surface area is 85.0 Å². The molecule has 0 bridgehead atoms. The Kier molecular flexibility index (Phi) is 3.92. The number of aryl methyl sites for hydroxylation is 3. The molecule has 0 aliphatic heterocycles. The zero-order valence-electron chi connectivity index (χ0n) is 8.91. The minimum Gasteiger partial charge on any atom is -0.349 e. The highest BCUT2D eigenvalue weighted by Crippen LogP contribution is 1.92. The zero-order chi connectivity index (χ0) is 10.4. The number of hydrogen-bond donors (Lipinski definition) is 1. The highest BCUT2D eigenvalue weighted by atomic mass is 14.9. The smallest absolute Gasteiger partial charge is 0.103 e. The van der Waals surface area contributed by atoms with Crippen LogP contribution in [0.25, 0.3) is 0 Å². The van der Waals surface area contributed by atoms with Crippen LogP contribution in [0.15, 0.2) is 36.5 Å². The molecule has 2 heteroatoms. The van der Waals surface area contributed by atoms with Crippen LogP contribution in [-0.4, -0.2) is 9.97 Å². The summed E-state index contributed by atoms with van der Waals surface area (Å²) in [7, 11) is 0. The fourth-order valence-corrected chi connectivity index (χ4v) is 1.07. The Balaban J connectivity index is 0.000000140. The maximum atomic E-state index is 4.06. The van der Waals surface area contributed by atoms with Gasteiger partial charge in [-0.1, -0.05) is 35.9 Å². The van der Waals surface area contributed by atoms with Crippen molar-refractivity contribution in [1.29, 1.82) is 0 Å². The van der Waals surface area contributed by atoms with E-state index in [-0.39, 0.29) is 0 Å². The lowest BCUT2D eigenvalue weighted by atomic mass is 10.2. The van der Waals surface area contributed by atoms with E-state index in [0.717, 1.165) is 11.5 Å². The Morgan fingerprint density at radius 2 is 1.64 bits per heavy atom. The van der Waals surface area contributed by atoms with Gasteiger partial charge in [-0.25, -0.2) is 4.98 Å². The number of benzene rings is 1. The molecule has 0 saturated heterocycles. The minimum atomic E-state index is 0.984. The van der Waals surface area contributed by atoms with Crippen molar-refractivity contribution < 1.29 is 0 Å². The van der Waals surface area contributed by atoms with Crippen LogP contribution in [0.1, 0.15) is 17.1 Å². The van der Waals surface area contributed by atoms with E-state index in [9.17, 15) is 0 Å². The number of imidazole rings is 1. The lowest BCUT2D eigenvalue weighted by molar-refractivity contribution is 1.13. The maximum absolute atomic E-state index is 4.06. The normalized spacial score (nSPS) is 9.07. The molecule has 2 aromatic rings. The first-order valence-corrected chi connectivity index (χ1v) is 4.69. The lowest BCUT2D eigenvalue weighted by Crippen LogP contribution is -1.70. The van der Waals surface area contributed by atoms with Crippen molar-refractivity contribution in [3.05, 3.63) is 53.6 Å². The molecular weight excluding hydrogens is 172 g/mol. The van der Waals surface area contributed by atoms with E-state index >= 15 is 0 Å². The highest BCUT2D eigenvalue weighted by Gasteiger charge is 1.84. The first kappa shape index (κ1) is 10.5. The van der Waals surface area contributed by atoms with Gasteiger partial charge < -0.3 is 4.98 Å². The predicted molar refractivity (Wildman–Crippen MR) is 59.2 cm³/mol. The third-order valence-corrected chi connectivity index (χ3v) is 1.77. The van der Waals surface area contributed by atoms with E-state index in [4.69, 9.17) is 0 Å². The second-order valence-electron chi connectivity index (χ2n) is 3.28. The monoisotopic (exact) mass is 188 g/mol. The fourth-order valence-electron chi connectivity index (χ4n) is 1.07. The summed E-state index contributed by atoms with van der Waals surface area (Å²) < 4.78 is 0. The van der Waals surface area contributed by atoms with Gasteiger partial charge in [0.05, 0.1) is 5.69 Å². The van der Waals surface area contributed by atoms with Crippen LogP contribution in [0.5, 0.6) is 0 Å². The summed E-state index contributed by atoms with van der Waals surface area (Å²) in [4.78, 5) is 7.01. The van der Waals surface area contributed by atoms with E-state index in [1.165, 1.54) is 5.56 Å². The summed E-state index contributed by atoms with van der Waals surface area (Å²) in [6.45, 7) is 5.98. The molecule has 1 aromatic carbocycles. The van der Waals surface area contributed by atoms with Gasteiger partial charge in [-0.3, -0.25) is 0 Å². The van der Waals surface area contributed by atoms with E-state index in [1.54, 1.807) is 0 Å². The molecule has 0 amide bonds. The molecule has 1 heterocycles. The molecule has 0 atom stereocenters. The van der Waals surface area contributed by atoms with Gasteiger partial charge in [-0.05, 0) is 20.8 Å². The van der Waals surface area contributed by atoms with Crippen LogP contribution >= 0.6 is 0 Å². The molecule has 0 fully saturated rings. The number of aromatic nitrogens is 2. The summed E-state index contributed by atoms with van der Waals surface area (Å²) in [5.74, 6) is 0.984. The second-order valence-corrected chi connectivity index (χ2v) is 3.28. The number of hydrogen-bond acceptors (Lipinski definition) is 1. The summed E-state index contributed by atoms with van der Waals surface area (Å²) >= 11 is 0. The molecule has 2 rings (SSSR count). The molecule has 0 aliphatic rings. The summed E-state index contributed by atoms with van der Waals surface area (Å²) in [5.41, 5.74) is 2.38. The number of nitrogens with one attached hydrogen (secondary N) is 1. The van der Waals surface area contributed by atoms with Crippen LogP contribution in [-0.2, 0) is 0 Å². The topological polar surface area (TPSA) is 28.7 Å². The van der Waals surface area contributed by atoms with E-state index in [1.807, 2.05) is 38.2 Å². The molecule has 2 nitrogen and oxygen atoms in total. The third-order valence-electron chi connectivity index (χ3n) is 1.77. The Morgan fingerprint density at radius 3 is 1.86 bits per heavy atom. The van der Waals surface area contributed by atoms with Gasteiger partial charge in [0, 0.05) is 6.20 Å². The number of H-pyrrole nitrogens is 1. The molecule has 0 radical (unpaired) electrons. The number of aromatic amines is 1. The molecule has 1 N–H and O–H groups in total. The van der Waals surface area contributed by atoms with Crippen molar-refractivity contribution in [2.24, 2.45) is 0 Å². The largest absolute Gasteiger partial charge is 0.349 e. The first-order valence-electron chi connectivity index (χ1n) is 4.69. The van der Waals surface area contributed by atoms with Crippen LogP contribution in [0.4, 0.5) is 0 Å². The van der Waals surface area contributed by atoms with Gasteiger partial charge >= 0.3 is 0 Å². The van der Waals surface area contributed by atoms with Crippen molar-refractivity contribution in [3.8, 4) is 0 Å². The Hall–Kier alpha value is -1.57. The second kappa shape index (κ2) is 5.22. The van der Waals surface area contributed by atoms with Crippen LogP contribution in [0.3, 0.4) is 0 Å². The van der Waals surface area contributed by atoms with Gasteiger partial charge in [0.25, 0.3) is 0 Å². The van der Waals surface area contributed by atoms with Crippen molar-refractivity contribution in [2.45, 2.75) is 20.8 Å². The molecule has 1 aromatic heterocycles. The zero-order valence-corrected chi connectivity index (χ0v) is 8.91. The van der Waals surface area contributed by atoms with E-state index < -0.39 is 0 Å². The Bertz CT molecular complexity index is 346. The molecule has 74 valence electrons. The molecule has 14 heavy (non-hydrogen) atoms. The predicted octanol–water partition coefficient (Wildman–Crippen LogP) is 3.02. The first-order chi connectivity index (χ1) is 6.68. The minimum absolute atomic E-state index is 0.984. The van der Waals surface area contributed by atoms with Crippen LogP contribution in [0, 0.1) is 20.8 Å². The summed E-state index contributed by atoms with van der Waals surface area (Å²) in [5, 5.41) is 0. The van der Waals surface area contributed by atoms with Gasteiger partial charge in [0.1, 0.15) is 5.82 Å². The molecular formula is C12H16N2. The third kappa shape index (κ3) is 3.90. The number of rotatable bonds is 0. The molecule has 0 aliphatic carbocycles. The molecule has 0 saturated carbocycles. The summed E-state index contributed by atoms with van der Waals surface area (Å²) in [6.07, 6.45) is 1.88. The molecule has 0 unspecified atom stereocenters. The Morgan fingerprint density at radius 1 is 1.00 bits per heavy atom. The average Bonchev–Trinajstić information content (AvgIpc) is 2.52. The van der Waals surface area contributed by atoms with Crippen molar-refractivity contribution >= 4 is 0 Å². The van der Waals surface area contributed by atoms with Crippen molar-refractivity contribution in [3.63, 3.8) is 0 Å². The van der Waals surface area contributed by atoms with Crippen LogP contribution in [0.2, 0.25) is 0 Å². The van der Waals surface area contributed by atoms with Crippen molar-refractivity contribution in [1.82, 2.24) is 9.97 Å². The fraction of sp³-hybridized carbons (Fsp3) is 0.250. The van der Waals surface area contributed by atoms with E-state index in [2.05, 4.69) is 29.0 Å². The SMILES string of the molecule is Cc1c[nH]c(C)n1.Cc1ccccc1. The van der Waals surface area contributed by atoms with Gasteiger partial charge in [0.15, 0.2) is 0 Å². The van der Waals surface area contributed by atoms with E-state index in [0.29, 0.717) is 0 Å². The average molecular weight is 188 g/mol. The lowest BCUT2D eigenvalue weighted by Gasteiger charge is -1.82. The van der Waals surface area contributed by atoms with Crippen molar-refractivity contribution in [2.75, 3.05) is 0 Å². The molecule has 0 spiro atoms. The highest BCUT2D eigenvalue weighted by molar-refractivity contribution is 5.11. The van der Waals surface area contributed by atoms with Gasteiger partial charge in [-0.2, -0.15) is 0 Å². The summed E-state index contributed by atoms with van der Waals surface area (Å²) in [6, 6.07) is 10.3. The van der Waals surface area contributed by atoms with Gasteiger partial charge in [0.2, 0.25) is 0 Å². The quantitative estimate of drug-likeness (QED) is 0.676. The van der Waals surface area contributed by atoms with Gasteiger partial charge in [-0.15, -0.1) is 0 Å². The number of nitrogens with zero attached hydrogens (tertiary/aromatic N) is 1. The maximum Gasteiger partial charge on any atom is 0.103 e.